The van der Waals surface area contributed by atoms with Crippen LogP contribution in [0.15, 0.2) is 22.9 Å². The number of rotatable bonds is 2. The Hall–Kier alpha value is -0.940. The van der Waals surface area contributed by atoms with Crippen LogP contribution in [0, 0.1) is 0 Å². The summed E-state index contributed by atoms with van der Waals surface area (Å²) in [5.41, 5.74) is 0.477. The third-order valence-electron chi connectivity index (χ3n) is 2.89. The Bertz CT molecular complexity index is 411. The van der Waals surface area contributed by atoms with E-state index in [-0.39, 0.29) is 24.3 Å². The molecule has 1 aliphatic heterocycles. The van der Waals surface area contributed by atoms with Crippen LogP contribution in [-0.4, -0.2) is 29.3 Å². The Kier molecular flexibility index (Phi) is 4.35. The molecule has 0 aliphatic carbocycles. The van der Waals surface area contributed by atoms with E-state index in [1.54, 1.807) is 12.1 Å². The number of hydrogen-bond donors (Lipinski definition) is 0. The van der Waals surface area contributed by atoms with Gasteiger partial charge in [-0.15, -0.1) is 0 Å². The van der Waals surface area contributed by atoms with Crippen molar-refractivity contribution in [1.29, 1.82) is 0 Å². The molecular weight excluding hydrogens is 298 g/mol. The summed E-state index contributed by atoms with van der Waals surface area (Å²) in [6.07, 6.45) is 3.21. The van der Waals surface area contributed by atoms with Gasteiger partial charge in [-0.1, -0.05) is 0 Å². The highest BCUT2D eigenvalue weighted by Gasteiger charge is 2.27. The number of carbonyl (C=O) groups excluding carboxylic acids is 1. The van der Waals surface area contributed by atoms with Gasteiger partial charge in [0.1, 0.15) is 10.7 Å². The lowest BCUT2D eigenvalue weighted by Gasteiger charge is -2.31. The van der Waals surface area contributed by atoms with Gasteiger partial charge in [-0.05, 0) is 41.9 Å². The number of aromatic nitrogens is 1. The van der Waals surface area contributed by atoms with E-state index in [0.29, 0.717) is 10.2 Å². The molecule has 5 heteroatoms. The van der Waals surface area contributed by atoms with Gasteiger partial charge in [-0.3, -0.25) is 0 Å². The smallest absolute Gasteiger partial charge is 0.339 e. The number of halogens is 1. The molecule has 4 nitrogen and oxygen atoms in total. The van der Waals surface area contributed by atoms with Crippen molar-refractivity contribution in [2.45, 2.75) is 45.0 Å². The third-order valence-corrected chi connectivity index (χ3v) is 3.36. The zero-order valence-corrected chi connectivity index (χ0v) is 12.0. The van der Waals surface area contributed by atoms with Gasteiger partial charge < -0.3 is 9.47 Å². The number of hydrogen-bond acceptors (Lipinski definition) is 4. The summed E-state index contributed by atoms with van der Waals surface area (Å²) < 4.78 is 11.8. The minimum atomic E-state index is -0.318. The maximum atomic E-state index is 11.9. The Morgan fingerprint density at radius 2 is 2.06 bits per heavy atom. The van der Waals surface area contributed by atoms with E-state index in [1.807, 2.05) is 13.8 Å². The average molecular weight is 314 g/mol. The van der Waals surface area contributed by atoms with Gasteiger partial charge >= 0.3 is 5.97 Å². The molecule has 0 bridgehead atoms. The molecule has 98 valence electrons. The van der Waals surface area contributed by atoms with Crippen LogP contribution >= 0.6 is 15.9 Å². The zero-order chi connectivity index (χ0) is 13.1. The minimum Gasteiger partial charge on any atom is -0.459 e. The van der Waals surface area contributed by atoms with Crippen molar-refractivity contribution in [3.05, 3.63) is 28.5 Å². The van der Waals surface area contributed by atoms with Crippen LogP contribution in [0.5, 0.6) is 0 Å². The summed E-state index contributed by atoms with van der Waals surface area (Å²) in [5.74, 6) is -0.318. The number of esters is 1. The molecule has 1 fully saturated rings. The van der Waals surface area contributed by atoms with Crippen LogP contribution in [-0.2, 0) is 9.47 Å². The lowest BCUT2D eigenvalue weighted by molar-refractivity contribution is -0.0855. The molecule has 2 unspecified atom stereocenters. The van der Waals surface area contributed by atoms with E-state index in [4.69, 9.17) is 9.47 Å². The van der Waals surface area contributed by atoms with Crippen molar-refractivity contribution >= 4 is 21.9 Å². The van der Waals surface area contributed by atoms with Crippen LogP contribution in [0.3, 0.4) is 0 Å². The second-order valence-electron chi connectivity index (χ2n) is 4.63. The van der Waals surface area contributed by atoms with E-state index in [0.717, 1.165) is 12.8 Å². The zero-order valence-electron chi connectivity index (χ0n) is 10.4. The van der Waals surface area contributed by atoms with Crippen molar-refractivity contribution < 1.29 is 14.3 Å². The number of carbonyl (C=O) groups is 1. The van der Waals surface area contributed by atoms with Gasteiger partial charge in [0, 0.05) is 19.0 Å². The highest BCUT2D eigenvalue weighted by Crippen LogP contribution is 2.22. The van der Waals surface area contributed by atoms with E-state index in [1.165, 1.54) is 6.20 Å². The number of pyridine rings is 1. The quantitative estimate of drug-likeness (QED) is 0.622. The molecule has 18 heavy (non-hydrogen) atoms. The first-order valence-electron chi connectivity index (χ1n) is 6.02. The maximum Gasteiger partial charge on any atom is 0.339 e. The van der Waals surface area contributed by atoms with Crippen LogP contribution in [0.1, 0.15) is 37.0 Å². The fourth-order valence-electron chi connectivity index (χ4n) is 2.16. The summed E-state index contributed by atoms with van der Waals surface area (Å²) >= 11 is 3.23. The molecule has 1 aliphatic rings. The first kappa shape index (κ1) is 13.5. The fourth-order valence-corrected chi connectivity index (χ4v) is 2.39. The summed E-state index contributed by atoms with van der Waals surface area (Å²) in [6.45, 7) is 4.00. The molecule has 2 atom stereocenters. The molecule has 2 rings (SSSR count). The molecule has 0 aromatic carbocycles. The lowest BCUT2D eigenvalue weighted by Crippen LogP contribution is -2.35. The van der Waals surface area contributed by atoms with Gasteiger partial charge in [0.25, 0.3) is 0 Å². The molecule has 1 saturated heterocycles. The topological polar surface area (TPSA) is 48.4 Å². The predicted molar refractivity (Wildman–Crippen MR) is 70.4 cm³/mol. The summed E-state index contributed by atoms with van der Waals surface area (Å²) in [4.78, 5) is 15.9. The average Bonchev–Trinajstić information content (AvgIpc) is 2.28. The second-order valence-corrected chi connectivity index (χ2v) is 5.44. The predicted octanol–water partition coefficient (Wildman–Crippen LogP) is 2.96. The van der Waals surface area contributed by atoms with Crippen molar-refractivity contribution in [2.75, 3.05) is 0 Å². The first-order chi connectivity index (χ1) is 8.54. The Labute approximate surface area is 115 Å². The normalized spacial score (nSPS) is 27.8. The number of ether oxygens (including phenoxy) is 2. The van der Waals surface area contributed by atoms with Crippen LogP contribution in [0.25, 0.3) is 0 Å². The van der Waals surface area contributed by atoms with Crippen LogP contribution in [0.2, 0.25) is 0 Å². The molecule has 1 aromatic rings. The van der Waals surface area contributed by atoms with Crippen molar-refractivity contribution in [2.24, 2.45) is 0 Å². The Morgan fingerprint density at radius 1 is 1.39 bits per heavy atom. The molecule has 0 N–H and O–H groups in total. The Morgan fingerprint density at radius 3 is 2.61 bits per heavy atom. The molecular formula is C13H16BrNO3. The molecule has 0 saturated carbocycles. The largest absolute Gasteiger partial charge is 0.459 e. The Balaban J connectivity index is 1.96. The molecule has 0 spiro atoms. The van der Waals surface area contributed by atoms with Gasteiger partial charge in [0.2, 0.25) is 0 Å². The number of nitrogens with zero attached hydrogens (tertiary/aromatic N) is 1. The van der Waals surface area contributed by atoms with E-state index >= 15 is 0 Å². The van der Waals surface area contributed by atoms with Gasteiger partial charge in [0.05, 0.1) is 17.8 Å². The second kappa shape index (κ2) is 5.80. The van der Waals surface area contributed by atoms with Crippen molar-refractivity contribution in [3.63, 3.8) is 0 Å². The third kappa shape index (κ3) is 3.53. The SMILES string of the molecule is CC1CC(OC(=O)c2ccc(Br)nc2)CC(C)O1. The van der Waals surface area contributed by atoms with Crippen molar-refractivity contribution in [1.82, 2.24) is 4.98 Å². The van der Waals surface area contributed by atoms with E-state index < -0.39 is 0 Å². The summed E-state index contributed by atoms with van der Waals surface area (Å²) in [6, 6.07) is 3.43. The van der Waals surface area contributed by atoms with Crippen LogP contribution in [0.4, 0.5) is 0 Å². The molecule has 0 radical (unpaired) electrons. The van der Waals surface area contributed by atoms with E-state index in [9.17, 15) is 4.79 Å². The van der Waals surface area contributed by atoms with Gasteiger partial charge in [-0.25, -0.2) is 9.78 Å². The highest BCUT2D eigenvalue weighted by molar-refractivity contribution is 9.10. The van der Waals surface area contributed by atoms with Gasteiger partial charge in [0.15, 0.2) is 0 Å². The molecule has 1 aromatic heterocycles. The first-order valence-corrected chi connectivity index (χ1v) is 6.82. The molecule has 0 amide bonds. The highest BCUT2D eigenvalue weighted by atomic mass is 79.9. The minimum absolute atomic E-state index is 0.0695. The maximum absolute atomic E-state index is 11.9. The molecule has 2 heterocycles. The van der Waals surface area contributed by atoms with E-state index in [2.05, 4.69) is 20.9 Å². The summed E-state index contributed by atoms with van der Waals surface area (Å²) in [7, 11) is 0. The van der Waals surface area contributed by atoms with Crippen LogP contribution < -0.4 is 0 Å². The lowest BCUT2D eigenvalue weighted by atomic mass is 10.0. The fraction of sp³-hybridized carbons (Fsp3) is 0.538. The van der Waals surface area contributed by atoms with Gasteiger partial charge in [-0.2, -0.15) is 0 Å². The standard InChI is InChI=1S/C13H16BrNO3/c1-8-5-11(6-9(2)17-8)18-13(16)10-3-4-12(14)15-7-10/h3-4,7-9,11H,5-6H2,1-2H3. The monoisotopic (exact) mass is 313 g/mol. The summed E-state index contributed by atoms with van der Waals surface area (Å²) in [5, 5.41) is 0. The van der Waals surface area contributed by atoms with Crippen molar-refractivity contribution in [3.8, 4) is 0 Å².